The molecule has 2 aromatic rings. The molecule has 2 rings (SSSR count). The van der Waals surface area contributed by atoms with Gasteiger partial charge < -0.3 is 16.4 Å². The lowest BCUT2D eigenvalue weighted by molar-refractivity contribution is -0.114. The van der Waals surface area contributed by atoms with Gasteiger partial charge in [-0.25, -0.2) is 9.78 Å². The summed E-state index contributed by atoms with van der Waals surface area (Å²) in [6, 6.07) is 7.36. The molecule has 25 heavy (non-hydrogen) atoms. The maximum atomic E-state index is 11.4. The number of nitrogens with zero attached hydrogens (tertiary/aromatic N) is 1. The third kappa shape index (κ3) is 6.60. The number of guanidine groups is 1. The molecule has 6 N–H and O–H groups in total. The summed E-state index contributed by atoms with van der Waals surface area (Å²) in [4.78, 5) is 26.8. The minimum atomic E-state index is -0.508. The van der Waals surface area contributed by atoms with E-state index < -0.39 is 12.0 Å². The average Bonchev–Trinajstić information content (AvgIpc) is 2.97. The summed E-state index contributed by atoms with van der Waals surface area (Å²) in [5.74, 6) is -0.525. The third-order valence-corrected chi connectivity index (χ3v) is 4.00. The van der Waals surface area contributed by atoms with Crippen molar-refractivity contribution in [3.8, 4) is 0 Å². The summed E-state index contributed by atoms with van der Waals surface area (Å²) in [7, 11) is 0. The van der Waals surface area contributed by atoms with Gasteiger partial charge in [0.15, 0.2) is 11.1 Å². The van der Waals surface area contributed by atoms with E-state index in [0.29, 0.717) is 11.7 Å². The Kier molecular flexibility index (Phi) is 6.47. The van der Waals surface area contributed by atoms with E-state index in [1.54, 1.807) is 0 Å². The van der Waals surface area contributed by atoms with Gasteiger partial charge in [0, 0.05) is 18.8 Å². The standard InChI is InChI=1S/C16H20N6O2S/c1-10(23)20-16-21-13(9-25-16)6-5-11-3-2-4-12(7-11)8-19-15(24)22-14(17)18/h2-4,7,9H,5-6,8H2,1H3,(H,20,21,23)(H5,17,18,19,22,24). The molecule has 1 heterocycles. The van der Waals surface area contributed by atoms with Crippen molar-refractivity contribution in [1.82, 2.24) is 15.6 Å². The number of amides is 3. The number of thiazole rings is 1. The zero-order valence-electron chi connectivity index (χ0n) is 13.8. The third-order valence-electron chi connectivity index (χ3n) is 3.20. The fourth-order valence-electron chi connectivity index (χ4n) is 2.15. The average molecular weight is 360 g/mol. The van der Waals surface area contributed by atoms with Gasteiger partial charge in [-0.1, -0.05) is 24.3 Å². The number of benzene rings is 1. The molecule has 0 saturated carbocycles. The largest absolute Gasteiger partial charge is 0.370 e. The minimum Gasteiger partial charge on any atom is -0.370 e. The molecule has 8 nitrogen and oxygen atoms in total. The Morgan fingerprint density at radius 3 is 2.76 bits per heavy atom. The van der Waals surface area contributed by atoms with E-state index in [1.807, 2.05) is 29.6 Å². The summed E-state index contributed by atoms with van der Waals surface area (Å²) in [5.41, 5.74) is 8.10. The number of carbonyl (C=O) groups is 2. The van der Waals surface area contributed by atoms with Gasteiger partial charge in [-0.05, 0) is 24.0 Å². The Balaban J connectivity index is 1.86. The molecule has 0 fully saturated rings. The van der Waals surface area contributed by atoms with Crippen LogP contribution in [0.3, 0.4) is 0 Å². The van der Waals surface area contributed by atoms with Crippen molar-refractivity contribution in [1.29, 1.82) is 5.41 Å². The van der Waals surface area contributed by atoms with E-state index in [-0.39, 0.29) is 5.91 Å². The number of anilines is 1. The number of aryl methyl sites for hydroxylation is 2. The van der Waals surface area contributed by atoms with Gasteiger partial charge in [0.25, 0.3) is 0 Å². The van der Waals surface area contributed by atoms with E-state index in [4.69, 9.17) is 11.1 Å². The van der Waals surface area contributed by atoms with Gasteiger partial charge in [0.1, 0.15) is 0 Å². The van der Waals surface area contributed by atoms with Crippen LogP contribution in [0.2, 0.25) is 0 Å². The van der Waals surface area contributed by atoms with E-state index in [2.05, 4.69) is 20.9 Å². The fraction of sp³-hybridized carbons (Fsp3) is 0.250. The molecular formula is C16H20N6O2S. The first kappa shape index (κ1) is 18.4. The second kappa shape index (κ2) is 8.78. The second-order valence-electron chi connectivity index (χ2n) is 5.37. The van der Waals surface area contributed by atoms with Crippen molar-refractivity contribution in [2.24, 2.45) is 5.73 Å². The highest BCUT2D eigenvalue weighted by atomic mass is 32.1. The molecule has 0 bridgehead atoms. The second-order valence-corrected chi connectivity index (χ2v) is 6.22. The van der Waals surface area contributed by atoms with E-state index in [9.17, 15) is 9.59 Å². The van der Waals surface area contributed by atoms with E-state index >= 15 is 0 Å². The number of nitrogens with one attached hydrogen (secondary N) is 4. The molecular weight excluding hydrogens is 340 g/mol. The first-order chi connectivity index (χ1) is 11.9. The molecule has 0 radical (unpaired) electrons. The molecule has 1 aromatic heterocycles. The quantitative estimate of drug-likeness (QED) is 0.395. The molecule has 1 aromatic carbocycles. The van der Waals surface area contributed by atoms with Gasteiger partial charge in [0.05, 0.1) is 5.69 Å². The van der Waals surface area contributed by atoms with Gasteiger partial charge in [-0.2, -0.15) is 0 Å². The van der Waals surface area contributed by atoms with Crippen LogP contribution in [0.4, 0.5) is 9.93 Å². The molecule has 0 unspecified atom stereocenters. The molecule has 9 heteroatoms. The molecule has 0 atom stereocenters. The van der Waals surface area contributed by atoms with Gasteiger partial charge in [0.2, 0.25) is 5.91 Å². The first-order valence-electron chi connectivity index (χ1n) is 7.61. The number of hydrogen-bond donors (Lipinski definition) is 5. The molecule has 3 amide bonds. The number of hydrogen-bond acceptors (Lipinski definition) is 5. The zero-order valence-corrected chi connectivity index (χ0v) is 14.6. The van der Waals surface area contributed by atoms with Crippen LogP contribution in [-0.2, 0) is 24.2 Å². The normalized spacial score (nSPS) is 10.1. The smallest absolute Gasteiger partial charge is 0.321 e. The maximum absolute atomic E-state index is 11.4. The zero-order chi connectivity index (χ0) is 18.2. The number of carbonyl (C=O) groups excluding carboxylic acids is 2. The lowest BCUT2D eigenvalue weighted by Gasteiger charge is -2.07. The van der Waals surface area contributed by atoms with Gasteiger partial charge >= 0.3 is 6.03 Å². The Morgan fingerprint density at radius 1 is 1.28 bits per heavy atom. The lowest BCUT2D eigenvalue weighted by Crippen LogP contribution is -2.42. The van der Waals surface area contributed by atoms with Crippen molar-refractivity contribution in [2.45, 2.75) is 26.3 Å². The summed E-state index contributed by atoms with van der Waals surface area (Å²) < 4.78 is 0. The summed E-state index contributed by atoms with van der Waals surface area (Å²) in [6.07, 6.45) is 1.56. The van der Waals surface area contributed by atoms with Crippen LogP contribution in [0.1, 0.15) is 23.7 Å². The summed E-state index contributed by atoms with van der Waals surface area (Å²) >= 11 is 1.41. The molecule has 0 saturated heterocycles. The Morgan fingerprint density at radius 2 is 2.04 bits per heavy atom. The monoisotopic (exact) mass is 360 g/mol. The van der Waals surface area contributed by atoms with E-state index in [1.165, 1.54) is 18.3 Å². The SMILES string of the molecule is CC(=O)Nc1nc(CCc2cccc(CNC(=O)NC(=N)N)c2)cs1. The van der Waals surface area contributed by atoms with Crippen LogP contribution in [-0.4, -0.2) is 22.9 Å². The lowest BCUT2D eigenvalue weighted by atomic mass is 10.1. The highest BCUT2D eigenvalue weighted by Gasteiger charge is 2.05. The van der Waals surface area contributed by atoms with Crippen LogP contribution >= 0.6 is 11.3 Å². The van der Waals surface area contributed by atoms with Gasteiger partial charge in [-0.3, -0.25) is 15.5 Å². The summed E-state index contributed by atoms with van der Waals surface area (Å²) in [6.45, 7) is 1.80. The number of rotatable bonds is 6. The number of nitrogens with two attached hydrogens (primary N) is 1. The Hall–Kier alpha value is -2.94. The van der Waals surface area contributed by atoms with Crippen molar-refractivity contribution in [3.05, 3.63) is 46.5 Å². The molecule has 0 aliphatic heterocycles. The highest BCUT2D eigenvalue weighted by Crippen LogP contribution is 2.17. The maximum Gasteiger partial charge on any atom is 0.321 e. The van der Waals surface area contributed by atoms with Crippen molar-refractivity contribution < 1.29 is 9.59 Å². The van der Waals surface area contributed by atoms with Crippen LogP contribution in [0.15, 0.2) is 29.6 Å². The van der Waals surface area contributed by atoms with Crippen molar-refractivity contribution in [2.75, 3.05) is 5.32 Å². The van der Waals surface area contributed by atoms with Gasteiger partial charge in [-0.15, -0.1) is 11.3 Å². The van der Waals surface area contributed by atoms with Crippen molar-refractivity contribution in [3.63, 3.8) is 0 Å². The Labute approximate surface area is 149 Å². The molecule has 0 spiro atoms. The predicted molar refractivity (Wildman–Crippen MR) is 97.6 cm³/mol. The van der Waals surface area contributed by atoms with Crippen LogP contribution in [0, 0.1) is 5.41 Å². The first-order valence-corrected chi connectivity index (χ1v) is 8.49. The predicted octanol–water partition coefficient (Wildman–Crippen LogP) is 1.58. The summed E-state index contributed by atoms with van der Waals surface area (Å²) in [5, 5.41) is 17.0. The molecule has 0 aliphatic carbocycles. The topological polar surface area (TPSA) is 133 Å². The van der Waals surface area contributed by atoms with Crippen molar-refractivity contribution >= 4 is 34.4 Å². The van der Waals surface area contributed by atoms with Crippen LogP contribution in [0.25, 0.3) is 0 Å². The van der Waals surface area contributed by atoms with E-state index in [0.717, 1.165) is 29.7 Å². The number of aromatic nitrogens is 1. The molecule has 0 aliphatic rings. The Bertz CT molecular complexity index is 773. The highest BCUT2D eigenvalue weighted by molar-refractivity contribution is 7.13. The molecule has 132 valence electrons. The van der Waals surface area contributed by atoms with Crippen LogP contribution in [0.5, 0.6) is 0 Å². The minimum absolute atomic E-state index is 0.130. The number of urea groups is 1. The fourth-order valence-corrected chi connectivity index (χ4v) is 2.94. The van der Waals surface area contributed by atoms with Crippen LogP contribution < -0.4 is 21.7 Å².